The molecule has 5 nitrogen and oxygen atoms in total. The van der Waals surface area contributed by atoms with Crippen molar-refractivity contribution in [2.45, 2.75) is 11.8 Å². The fourth-order valence-electron chi connectivity index (χ4n) is 1.96. The van der Waals surface area contributed by atoms with E-state index in [0.717, 1.165) is 6.26 Å². The normalized spacial score (nSPS) is 11.1. The van der Waals surface area contributed by atoms with Crippen LogP contribution in [0.5, 0.6) is 0 Å². The van der Waals surface area contributed by atoms with Crippen molar-refractivity contribution in [2.24, 2.45) is 0 Å². The highest BCUT2D eigenvalue weighted by Crippen LogP contribution is 2.31. The summed E-state index contributed by atoms with van der Waals surface area (Å²) in [5.74, 6) is 0. The number of pyridine rings is 1. The van der Waals surface area contributed by atoms with Crippen molar-refractivity contribution in [3.63, 3.8) is 0 Å². The lowest BCUT2D eigenvalue weighted by molar-refractivity contribution is 0.602. The van der Waals surface area contributed by atoms with Gasteiger partial charge < -0.3 is 4.98 Å². The van der Waals surface area contributed by atoms with Crippen molar-refractivity contribution in [3.05, 3.63) is 50.9 Å². The number of aromatic amines is 1. The Morgan fingerprint density at radius 3 is 2.43 bits per heavy atom. The molecule has 0 radical (unpaired) electrons. The quantitative estimate of drug-likeness (QED) is 0.918. The predicted octanol–water partition coefficient (Wildman–Crippen LogP) is 2.28. The molecule has 0 spiro atoms. The highest BCUT2D eigenvalue weighted by molar-refractivity contribution is 7.90. The summed E-state index contributed by atoms with van der Waals surface area (Å²) in [6.45, 7) is 1.69. The number of sulfone groups is 1. The average Bonchev–Trinajstić information content (AvgIpc) is 2.36. The number of benzene rings is 1. The Balaban J connectivity index is 2.75. The van der Waals surface area contributed by atoms with Crippen LogP contribution >= 0.6 is 11.6 Å². The number of aromatic nitrogens is 1. The summed E-state index contributed by atoms with van der Waals surface area (Å²) in [5.41, 5.74) is 0.834. The summed E-state index contributed by atoms with van der Waals surface area (Å²) in [6, 6.07) is 7.67. The molecule has 0 saturated carbocycles. The molecule has 2 rings (SSSR count). The van der Waals surface area contributed by atoms with Crippen molar-refractivity contribution < 1.29 is 8.42 Å². The molecule has 1 aromatic heterocycles. The maximum Gasteiger partial charge on any atom is 0.266 e. The molecule has 7 heteroatoms. The van der Waals surface area contributed by atoms with Crippen LogP contribution in [0.4, 0.5) is 0 Å². The largest absolute Gasteiger partial charge is 0.325 e. The van der Waals surface area contributed by atoms with Crippen LogP contribution in [0, 0.1) is 18.3 Å². The molecule has 0 aliphatic heterocycles. The van der Waals surface area contributed by atoms with Crippen molar-refractivity contribution in [2.75, 3.05) is 6.26 Å². The van der Waals surface area contributed by atoms with E-state index in [-0.39, 0.29) is 15.5 Å². The van der Waals surface area contributed by atoms with Gasteiger partial charge in [-0.1, -0.05) is 17.7 Å². The minimum Gasteiger partial charge on any atom is -0.325 e. The van der Waals surface area contributed by atoms with E-state index in [1.165, 1.54) is 18.2 Å². The van der Waals surface area contributed by atoms with E-state index in [1.807, 2.05) is 6.07 Å². The molecule has 0 aliphatic rings. The molecular weight excluding hydrogens is 312 g/mol. The molecule has 2 aromatic rings. The molecule has 1 N–H and O–H groups in total. The van der Waals surface area contributed by atoms with Gasteiger partial charge in [0.2, 0.25) is 0 Å². The van der Waals surface area contributed by atoms with Crippen LogP contribution in [0.2, 0.25) is 5.02 Å². The van der Waals surface area contributed by atoms with E-state index < -0.39 is 15.4 Å². The molecule has 0 fully saturated rings. The molecule has 0 unspecified atom stereocenters. The molecule has 0 amide bonds. The number of hydrogen-bond acceptors (Lipinski definition) is 4. The van der Waals surface area contributed by atoms with Gasteiger partial charge in [0.05, 0.1) is 4.90 Å². The van der Waals surface area contributed by atoms with E-state index >= 15 is 0 Å². The summed E-state index contributed by atoms with van der Waals surface area (Å²) in [7, 11) is -3.37. The van der Waals surface area contributed by atoms with Crippen LogP contribution in [0.3, 0.4) is 0 Å². The monoisotopic (exact) mass is 322 g/mol. The Labute approximate surface area is 126 Å². The topological polar surface area (TPSA) is 90.8 Å². The lowest BCUT2D eigenvalue weighted by atomic mass is 10.0. The van der Waals surface area contributed by atoms with Crippen LogP contribution in [0.1, 0.15) is 11.3 Å². The van der Waals surface area contributed by atoms with Gasteiger partial charge in [-0.15, -0.1) is 0 Å². The van der Waals surface area contributed by atoms with E-state index in [2.05, 4.69) is 4.98 Å². The van der Waals surface area contributed by atoms with Crippen molar-refractivity contribution in [3.8, 4) is 17.2 Å². The van der Waals surface area contributed by atoms with Gasteiger partial charge in [0.25, 0.3) is 5.56 Å². The van der Waals surface area contributed by atoms with Crippen molar-refractivity contribution >= 4 is 21.4 Å². The lowest BCUT2D eigenvalue weighted by Gasteiger charge is -2.09. The lowest BCUT2D eigenvalue weighted by Crippen LogP contribution is -2.12. The summed E-state index contributed by atoms with van der Waals surface area (Å²) in [5, 5.41) is 9.28. The maximum absolute atomic E-state index is 11.8. The van der Waals surface area contributed by atoms with Gasteiger partial charge >= 0.3 is 0 Å². The molecule has 0 aliphatic carbocycles. The number of rotatable bonds is 2. The first-order valence-corrected chi connectivity index (χ1v) is 8.15. The van der Waals surface area contributed by atoms with Gasteiger partial charge in [-0.2, -0.15) is 5.26 Å². The third kappa shape index (κ3) is 2.99. The van der Waals surface area contributed by atoms with Crippen LogP contribution in [0.15, 0.2) is 34.0 Å². The van der Waals surface area contributed by atoms with Crippen LogP contribution in [-0.2, 0) is 9.84 Å². The standard InChI is InChI=1S/C14H11ClN2O3S/c1-8-5-11(12(7-16)14(18)17-8)10-4-3-9(6-13(10)15)21(2,19)20/h3-6H,1-2H3,(H,17,18). The first-order valence-electron chi connectivity index (χ1n) is 5.88. The Morgan fingerprint density at radius 2 is 1.90 bits per heavy atom. The predicted molar refractivity (Wildman–Crippen MR) is 80.1 cm³/mol. The molecule has 0 bridgehead atoms. The number of nitrogens with zero attached hydrogens (tertiary/aromatic N) is 1. The molecule has 1 heterocycles. The van der Waals surface area contributed by atoms with Crippen LogP contribution < -0.4 is 5.56 Å². The van der Waals surface area contributed by atoms with Gasteiger partial charge in [-0.3, -0.25) is 4.79 Å². The van der Waals surface area contributed by atoms with Crippen molar-refractivity contribution in [1.29, 1.82) is 5.26 Å². The van der Waals surface area contributed by atoms with Gasteiger partial charge in [0, 0.05) is 28.1 Å². The van der Waals surface area contributed by atoms with Crippen LogP contribution in [-0.4, -0.2) is 19.7 Å². The minimum atomic E-state index is -3.37. The summed E-state index contributed by atoms with van der Waals surface area (Å²) in [4.78, 5) is 14.4. The van der Waals surface area contributed by atoms with E-state index in [1.54, 1.807) is 13.0 Å². The van der Waals surface area contributed by atoms with E-state index in [0.29, 0.717) is 16.8 Å². The number of hydrogen-bond donors (Lipinski definition) is 1. The fourth-order valence-corrected chi connectivity index (χ4v) is 2.95. The van der Waals surface area contributed by atoms with Gasteiger partial charge in [-0.25, -0.2) is 8.42 Å². The third-order valence-corrected chi connectivity index (χ3v) is 4.36. The zero-order chi connectivity index (χ0) is 15.8. The molecule has 0 saturated heterocycles. The fraction of sp³-hybridized carbons (Fsp3) is 0.143. The second-order valence-electron chi connectivity index (χ2n) is 4.60. The van der Waals surface area contributed by atoms with E-state index in [9.17, 15) is 13.2 Å². The Bertz CT molecular complexity index is 924. The number of halogens is 1. The first-order chi connectivity index (χ1) is 9.74. The number of nitrogens with one attached hydrogen (secondary N) is 1. The second kappa shape index (κ2) is 5.35. The molecular formula is C14H11ClN2O3S. The van der Waals surface area contributed by atoms with Crippen molar-refractivity contribution in [1.82, 2.24) is 4.98 Å². The minimum absolute atomic E-state index is 0.0606. The van der Waals surface area contributed by atoms with Gasteiger partial charge in [0.15, 0.2) is 9.84 Å². The Morgan fingerprint density at radius 1 is 1.24 bits per heavy atom. The highest BCUT2D eigenvalue weighted by Gasteiger charge is 2.15. The average molecular weight is 323 g/mol. The second-order valence-corrected chi connectivity index (χ2v) is 7.02. The molecule has 1 aromatic carbocycles. The van der Waals surface area contributed by atoms with Gasteiger partial charge in [-0.05, 0) is 25.1 Å². The number of aryl methyl sites for hydroxylation is 1. The number of H-pyrrole nitrogens is 1. The molecule has 0 atom stereocenters. The zero-order valence-corrected chi connectivity index (χ0v) is 12.8. The highest BCUT2D eigenvalue weighted by atomic mass is 35.5. The van der Waals surface area contributed by atoms with E-state index in [4.69, 9.17) is 16.9 Å². The maximum atomic E-state index is 11.8. The smallest absolute Gasteiger partial charge is 0.266 e. The summed E-state index contributed by atoms with van der Waals surface area (Å²) < 4.78 is 23.0. The first kappa shape index (κ1) is 15.3. The van der Waals surface area contributed by atoms with Crippen LogP contribution in [0.25, 0.3) is 11.1 Å². The van der Waals surface area contributed by atoms with Gasteiger partial charge in [0.1, 0.15) is 11.6 Å². The Kier molecular flexibility index (Phi) is 3.90. The number of nitriles is 1. The third-order valence-electron chi connectivity index (χ3n) is 2.94. The molecule has 21 heavy (non-hydrogen) atoms. The zero-order valence-electron chi connectivity index (χ0n) is 11.3. The summed E-state index contributed by atoms with van der Waals surface area (Å²) in [6.07, 6.45) is 1.08. The SMILES string of the molecule is Cc1cc(-c2ccc(S(C)(=O)=O)cc2Cl)c(C#N)c(=O)[nH]1. The molecule has 108 valence electrons. The summed E-state index contributed by atoms with van der Waals surface area (Å²) >= 11 is 6.12. The Hall–Kier alpha value is -2.10.